The lowest BCUT2D eigenvalue weighted by molar-refractivity contribution is 0.0572. The van der Waals surface area contributed by atoms with Crippen molar-refractivity contribution in [1.82, 2.24) is 19.8 Å². The van der Waals surface area contributed by atoms with Gasteiger partial charge in [-0.05, 0) is 52.0 Å². The first kappa shape index (κ1) is 15.4. The van der Waals surface area contributed by atoms with E-state index in [4.69, 9.17) is 4.52 Å². The molecule has 1 saturated carbocycles. The van der Waals surface area contributed by atoms with E-state index in [-0.39, 0.29) is 11.9 Å². The molecule has 0 N–H and O–H groups in total. The maximum absolute atomic E-state index is 12.9. The Morgan fingerprint density at radius 3 is 2.79 bits per heavy atom. The summed E-state index contributed by atoms with van der Waals surface area (Å²) < 4.78 is 7.38. The highest BCUT2D eigenvalue weighted by atomic mass is 16.5. The first-order chi connectivity index (χ1) is 11.6. The smallest absolute Gasteiger partial charge is 0.276 e. The minimum Gasteiger partial charge on any atom is -0.360 e. The molecule has 0 unspecified atom stereocenters. The van der Waals surface area contributed by atoms with Crippen molar-refractivity contribution in [3.8, 4) is 0 Å². The van der Waals surface area contributed by atoms with Crippen molar-refractivity contribution >= 4 is 5.91 Å². The summed E-state index contributed by atoms with van der Waals surface area (Å²) in [6, 6.07) is 4.09. The zero-order valence-electron chi connectivity index (χ0n) is 14.4. The minimum absolute atomic E-state index is 0.00289. The van der Waals surface area contributed by atoms with Crippen molar-refractivity contribution < 1.29 is 9.32 Å². The molecule has 1 atom stereocenters. The van der Waals surface area contributed by atoms with E-state index < -0.39 is 0 Å². The zero-order valence-corrected chi connectivity index (χ0v) is 14.4. The van der Waals surface area contributed by atoms with Gasteiger partial charge in [0.1, 0.15) is 5.76 Å². The maximum atomic E-state index is 12.9. The fraction of sp³-hybridized carbons (Fsp3) is 0.611. The van der Waals surface area contributed by atoms with Crippen LogP contribution in [0, 0.1) is 13.8 Å². The molecular formula is C18H24N4O2. The number of amides is 1. The van der Waals surface area contributed by atoms with Gasteiger partial charge in [0, 0.05) is 24.2 Å². The zero-order chi connectivity index (χ0) is 16.7. The molecule has 4 rings (SSSR count). The van der Waals surface area contributed by atoms with Gasteiger partial charge in [-0.15, -0.1) is 0 Å². The molecule has 0 bridgehead atoms. The van der Waals surface area contributed by atoms with Crippen molar-refractivity contribution in [1.29, 1.82) is 0 Å². The summed E-state index contributed by atoms with van der Waals surface area (Å²) >= 11 is 0. The van der Waals surface area contributed by atoms with Crippen LogP contribution in [0.2, 0.25) is 0 Å². The Kier molecular flexibility index (Phi) is 3.90. The Hall–Kier alpha value is -2.11. The van der Waals surface area contributed by atoms with E-state index >= 15 is 0 Å². The summed E-state index contributed by atoms with van der Waals surface area (Å²) in [6.45, 7) is 5.60. The molecule has 2 aliphatic rings. The fourth-order valence-electron chi connectivity index (χ4n) is 3.61. The second-order valence-electron chi connectivity index (χ2n) is 7.15. The molecule has 3 heterocycles. The van der Waals surface area contributed by atoms with E-state index in [1.165, 1.54) is 0 Å². The van der Waals surface area contributed by atoms with Gasteiger partial charge in [0.15, 0.2) is 5.69 Å². The van der Waals surface area contributed by atoms with Crippen LogP contribution in [-0.2, 0) is 6.54 Å². The lowest BCUT2D eigenvalue weighted by Crippen LogP contribution is -2.46. The van der Waals surface area contributed by atoms with Crippen LogP contribution in [-0.4, -0.2) is 38.3 Å². The summed E-state index contributed by atoms with van der Waals surface area (Å²) in [5.41, 5.74) is 2.62. The normalized spacial score (nSPS) is 21.2. The van der Waals surface area contributed by atoms with Crippen molar-refractivity contribution in [2.75, 3.05) is 6.54 Å². The summed E-state index contributed by atoms with van der Waals surface area (Å²) in [6.07, 6.45) is 5.50. The predicted octanol–water partition coefficient (Wildman–Crippen LogP) is 3.06. The molecule has 2 aromatic heterocycles. The molecule has 1 amide bonds. The number of hydrogen-bond donors (Lipinski definition) is 0. The molecule has 1 aliphatic carbocycles. The quantitative estimate of drug-likeness (QED) is 0.865. The molecule has 128 valence electrons. The molecule has 2 aromatic rings. The summed E-state index contributed by atoms with van der Waals surface area (Å²) in [4.78, 5) is 14.9. The lowest BCUT2D eigenvalue weighted by atomic mass is 10.0. The second kappa shape index (κ2) is 6.07. The average Bonchev–Trinajstić information content (AvgIpc) is 3.22. The topological polar surface area (TPSA) is 64.2 Å². The summed E-state index contributed by atoms with van der Waals surface area (Å²) in [7, 11) is 0. The van der Waals surface area contributed by atoms with E-state index in [2.05, 4.69) is 23.2 Å². The van der Waals surface area contributed by atoms with Gasteiger partial charge in [0.2, 0.25) is 0 Å². The van der Waals surface area contributed by atoms with Crippen molar-refractivity contribution in [3.05, 3.63) is 35.0 Å². The summed E-state index contributed by atoms with van der Waals surface area (Å²) in [5.74, 6) is 1.34. The first-order valence-electron chi connectivity index (χ1n) is 8.90. The average molecular weight is 328 g/mol. The number of nitrogens with zero attached hydrogens (tertiary/aromatic N) is 4. The molecule has 0 spiro atoms. The first-order valence-corrected chi connectivity index (χ1v) is 8.90. The van der Waals surface area contributed by atoms with Crippen LogP contribution in [0.3, 0.4) is 0 Å². The van der Waals surface area contributed by atoms with Crippen molar-refractivity contribution in [3.63, 3.8) is 0 Å². The van der Waals surface area contributed by atoms with Crippen molar-refractivity contribution in [2.24, 2.45) is 0 Å². The van der Waals surface area contributed by atoms with Crippen LogP contribution in [0.1, 0.15) is 65.7 Å². The van der Waals surface area contributed by atoms with Crippen LogP contribution in [0.4, 0.5) is 0 Å². The second-order valence-corrected chi connectivity index (χ2v) is 7.15. The number of likely N-dealkylation sites (tertiary alicyclic amines) is 1. The van der Waals surface area contributed by atoms with Gasteiger partial charge >= 0.3 is 0 Å². The van der Waals surface area contributed by atoms with E-state index in [1.807, 2.05) is 22.6 Å². The van der Waals surface area contributed by atoms with Gasteiger partial charge in [-0.1, -0.05) is 5.16 Å². The highest BCUT2D eigenvalue weighted by molar-refractivity contribution is 5.92. The number of aromatic nitrogens is 3. The minimum atomic E-state index is -0.00289. The number of carbonyl (C=O) groups excluding carboxylic acids is 1. The molecule has 1 saturated heterocycles. The third-order valence-corrected chi connectivity index (χ3v) is 5.10. The molecule has 0 radical (unpaired) electrons. The van der Waals surface area contributed by atoms with E-state index in [1.54, 1.807) is 0 Å². The van der Waals surface area contributed by atoms with Crippen LogP contribution >= 0.6 is 0 Å². The van der Waals surface area contributed by atoms with Gasteiger partial charge in [-0.25, -0.2) is 0 Å². The van der Waals surface area contributed by atoms with Crippen molar-refractivity contribution in [2.45, 2.75) is 64.5 Å². The van der Waals surface area contributed by atoms with Crippen LogP contribution in [0.15, 0.2) is 16.7 Å². The molecule has 6 heteroatoms. The molecular weight excluding hydrogens is 304 g/mol. The largest absolute Gasteiger partial charge is 0.360 e. The number of rotatable bonds is 4. The van der Waals surface area contributed by atoms with Gasteiger partial charge in [-0.3, -0.25) is 9.48 Å². The van der Waals surface area contributed by atoms with E-state index in [0.29, 0.717) is 11.6 Å². The summed E-state index contributed by atoms with van der Waals surface area (Å²) in [5, 5.41) is 8.58. The van der Waals surface area contributed by atoms with Gasteiger partial charge < -0.3 is 9.42 Å². The van der Waals surface area contributed by atoms with E-state index in [0.717, 1.165) is 62.3 Å². The van der Waals surface area contributed by atoms with Gasteiger partial charge in [0.05, 0.1) is 18.3 Å². The Morgan fingerprint density at radius 2 is 2.08 bits per heavy atom. The lowest BCUT2D eigenvalue weighted by Gasteiger charge is -2.35. The third kappa shape index (κ3) is 2.97. The standard InChI is InChI=1S/C18H24N4O2/c1-12-9-13(2)22(19-12)11-15-5-3-4-8-21(15)18(23)16-10-17(24-20-16)14-6-7-14/h9-10,14-15H,3-8,11H2,1-2H3/t15-/m0/s1. The third-order valence-electron chi connectivity index (χ3n) is 5.10. The SMILES string of the molecule is Cc1cc(C)n(C[C@@H]2CCCCN2C(=O)c2cc(C3CC3)on2)n1. The van der Waals surface area contributed by atoms with Crippen LogP contribution < -0.4 is 0 Å². The molecule has 24 heavy (non-hydrogen) atoms. The highest BCUT2D eigenvalue weighted by Gasteiger charge is 2.33. The van der Waals surface area contributed by atoms with Gasteiger partial charge in [0.25, 0.3) is 5.91 Å². The van der Waals surface area contributed by atoms with E-state index in [9.17, 15) is 4.79 Å². The van der Waals surface area contributed by atoms with Crippen LogP contribution in [0.5, 0.6) is 0 Å². The predicted molar refractivity (Wildman–Crippen MR) is 88.9 cm³/mol. The Balaban J connectivity index is 1.52. The number of aryl methyl sites for hydroxylation is 2. The molecule has 6 nitrogen and oxygen atoms in total. The monoisotopic (exact) mass is 328 g/mol. The number of piperidine rings is 1. The van der Waals surface area contributed by atoms with Crippen LogP contribution in [0.25, 0.3) is 0 Å². The number of hydrogen-bond acceptors (Lipinski definition) is 4. The Labute approximate surface area is 141 Å². The molecule has 1 aliphatic heterocycles. The maximum Gasteiger partial charge on any atom is 0.276 e. The fourth-order valence-corrected chi connectivity index (χ4v) is 3.61. The Bertz CT molecular complexity index is 744. The molecule has 0 aromatic carbocycles. The highest BCUT2D eigenvalue weighted by Crippen LogP contribution is 2.40. The van der Waals surface area contributed by atoms with Gasteiger partial charge in [-0.2, -0.15) is 5.10 Å². The number of carbonyl (C=O) groups is 1. The Morgan fingerprint density at radius 1 is 1.25 bits per heavy atom. The molecule has 2 fully saturated rings.